The molecule has 3 aliphatic heterocycles. The zero-order valence-electron chi connectivity index (χ0n) is 19.1. The van der Waals surface area contributed by atoms with Crippen molar-refractivity contribution in [3.63, 3.8) is 0 Å². The number of carbonyl (C=O) groups excluding carboxylic acids is 3. The number of fused-ring (bicyclic) bond motifs is 1. The Hall–Kier alpha value is -1.19. The third kappa shape index (κ3) is 4.13. The van der Waals surface area contributed by atoms with E-state index in [9.17, 15) is 19.5 Å². The first-order valence-electron chi connectivity index (χ1n) is 11.4. The zero-order chi connectivity index (χ0) is 23.1. The van der Waals surface area contributed by atoms with E-state index >= 15 is 0 Å². The molecular formula is C22H36BrN3O5. The Bertz CT molecular complexity index is 717. The lowest BCUT2D eigenvalue weighted by molar-refractivity contribution is -0.146. The normalized spacial score (nSPS) is 35.1. The van der Waals surface area contributed by atoms with Crippen molar-refractivity contribution in [2.75, 3.05) is 13.2 Å². The molecule has 176 valence electrons. The van der Waals surface area contributed by atoms with Crippen LogP contribution in [0.1, 0.15) is 53.9 Å². The molecule has 2 bridgehead atoms. The Kier molecular flexibility index (Phi) is 7.38. The fourth-order valence-corrected chi connectivity index (χ4v) is 6.55. The van der Waals surface area contributed by atoms with Gasteiger partial charge in [-0.25, -0.2) is 0 Å². The summed E-state index contributed by atoms with van der Waals surface area (Å²) < 4.78 is 6.41. The number of nitrogens with zero attached hydrogens (tertiary/aromatic N) is 1. The van der Waals surface area contributed by atoms with Crippen LogP contribution in [0.5, 0.6) is 0 Å². The van der Waals surface area contributed by atoms with Crippen LogP contribution >= 0.6 is 15.9 Å². The average molecular weight is 502 g/mol. The molecule has 8 nitrogen and oxygen atoms in total. The molecule has 0 saturated carbocycles. The van der Waals surface area contributed by atoms with Gasteiger partial charge in [0.25, 0.3) is 0 Å². The van der Waals surface area contributed by atoms with Crippen LogP contribution in [0.15, 0.2) is 0 Å². The van der Waals surface area contributed by atoms with Crippen molar-refractivity contribution in [1.82, 2.24) is 15.5 Å². The second-order valence-corrected chi connectivity index (χ2v) is 11.0. The number of aliphatic hydroxyl groups is 1. The van der Waals surface area contributed by atoms with Crippen molar-refractivity contribution < 1.29 is 24.2 Å². The van der Waals surface area contributed by atoms with E-state index in [4.69, 9.17) is 4.74 Å². The van der Waals surface area contributed by atoms with Gasteiger partial charge in [-0.3, -0.25) is 14.4 Å². The summed E-state index contributed by atoms with van der Waals surface area (Å²) in [7, 11) is 0. The number of likely N-dealkylation sites (tertiary alicyclic amines) is 1. The van der Waals surface area contributed by atoms with Gasteiger partial charge in [0.05, 0.1) is 30.6 Å². The van der Waals surface area contributed by atoms with Crippen LogP contribution in [0.4, 0.5) is 0 Å². The molecule has 3 N–H and O–H groups in total. The van der Waals surface area contributed by atoms with Crippen molar-refractivity contribution in [3.05, 3.63) is 0 Å². The minimum atomic E-state index is -1.08. The fraction of sp³-hybridized carbons (Fsp3) is 0.864. The molecular weight excluding hydrogens is 466 g/mol. The predicted molar refractivity (Wildman–Crippen MR) is 119 cm³/mol. The third-order valence-electron chi connectivity index (χ3n) is 6.61. The number of hydrogen-bond donors (Lipinski definition) is 3. The number of aliphatic hydroxyl groups excluding tert-OH is 1. The van der Waals surface area contributed by atoms with E-state index in [0.717, 1.165) is 6.42 Å². The summed E-state index contributed by atoms with van der Waals surface area (Å²) in [5.74, 6) is -1.92. The van der Waals surface area contributed by atoms with E-state index in [-0.39, 0.29) is 41.1 Å². The Morgan fingerprint density at radius 2 is 1.97 bits per heavy atom. The lowest BCUT2D eigenvalue weighted by Gasteiger charge is -2.37. The van der Waals surface area contributed by atoms with Gasteiger partial charge in [-0.1, -0.05) is 36.7 Å². The quantitative estimate of drug-likeness (QED) is 0.411. The standard InChI is InChI=1S/C22H36BrN3O5/c1-6-7-24-19(28)15-16-21(30)26(13(10-27)8-11(2)3)18(20(29)25-12(4)5)22(16)9-14(23)17(15)31-22/h11-18,27H,6-10H2,1-5H3,(H,24,28)(H,25,29)/t13-,14?,15-,16+,17-,18?,22?/m1/s1. The fourth-order valence-electron chi connectivity index (χ4n) is 5.61. The number of hydrogen-bond acceptors (Lipinski definition) is 5. The topological polar surface area (TPSA) is 108 Å². The number of ether oxygens (including phenoxy) is 1. The van der Waals surface area contributed by atoms with Crippen LogP contribution < -0.4 is 10.6 Å². The van der Waals surface area contributed by atoms with Crippen molar-refractivity contribution in [1.29, 1.82) is 0 Å². The van der Waals surface area contributed by atoms with Crippen molar-refractivity contribution in [2.45, 2.75) is 88.5 Å². The van der Waals surface area contributed by atoms with Gasteiger partial charge < -0.3 is 25.4 Å². The Morgan fingerprint density at radius 3 is 2.52 bits per heavy atom. The van der Waals surface area contributed by atoms with Gasteiger partial charge >= 0.3 is 0 Å². The second kappa shape index (κ2) is 9.35. The van der Waals surface area contributed by atoms with Crippen LogP contribution in [0.25, 0.3) is 0 Å². The molecule has 7 atom stereocenters. The molecule has 3 fully saturated rings. The second-order valence-electron chi connectivity index (χ2n) is 9.83. The molecule has 0 aromatic rings. The molecule has 3 amide bonds. The van der Waals surface area contributed by atoms with Crippen molar-refractivity contribution in [2.24, 2.45) is 17.8 Å². The SMILES string of the molecule is CCCNC(=O)[C@H]1[C@@H]2OC3(CC2Br)C(C(=O)NC(C)C)N([C@@H](CO)CC(C)C)C(=O)[C@H]13. The summed E-state index contributed by atoms with van der Waals surface area (Å²) in [6.45, 7) is 10.0. The molecule has 31 heavy (non-hydrogen) atoms. The summed E-state index contributed by atoms with van der Waals surface area (Å²) in [6, 6.07) is -1.50. The largest absolute Gasteiger partial charge is 0.394 e. The highest BCUT2D eigenvalue weighted by atomic mass is 79.9. The lowest BCUT2D eigenvalue weighted by atomic mass is 9.70. The first-order valence-corrected chi connectivity index (χ1v) is 12.3. The van der Waals surface area contributed by atoms with Crippen LogP contribution in [-0.4, -0.2) is 75.5 Å². The monoisotopic (exact) mass is 501 g/mol. The van der Waals surface area contributed by atoms with E-state index in [1.54, 1.807) is 0 Å². The molecule has 3 aliphatic rings. The summed E-state index contributed by atoms with van der Waals surface area (Å²) in [4.78, 5) is 41.7. The molecule has 1 spiro atoms. The van der Waals surface area contributed by atoms with Crippen LogP contribution in [-0.2, 0) is 19.1 Å². The summed E-state index contributed by atoms with van der Waals surface area (Å²) >= 11 is 3.65. The number of halogens is 1. The summed E-state index contributed by atoms with van der Waals surface area (Å²) in [6.07, 6.45) is 1.36. The predicted octanol–water partition coefficient (Wildman–Crippen LogP) is 1.19. The smallest absolute Gasteiger partial charge is 0.246 e. The zero-order valence-corrected chi connectivity index (χ0v) is 20.6. The molecule has 0 radical (unpaired) electrons. The minimum absolute atomic E-state index is 0.111. The molecule has 3 heterocycles. The van der Waals surface area contributed by atoms with Gasteiger partial charge in [-0.05, 0) is 39.0 Å². The number of alkyl halides is 1. The van der Waals surface area contributed by atoms with Gasteiger partial charge in [-0.15, -0.1) is 0 Å². The highest BCUT2D eigenvalue weighted by Gasteiger charge is 2.77. The Balaban J connectivity index is 2.05. The number of rotatable bonds is 9. The maximum absolute atomic E-state index is 13.8. The lowest BCUT2D eigenvalue weighted by Crippen LogP contribution is -2.59. The molecule has 0 aromatic carbocycles. The maximum atomic E-state index is 13.8. The van der Waals surface area contributed by atoms with Crippen molar-refractivity contribution >= 4 is 33.7 Å². The number of amides is 3. The van der Waals surface area contributed by atoms with Crippen LogP contribution in [0, 0.1) is 17.8 Å². The first kappa shape index (κ1) is 24.5. The molecule has 9 heteroatoms. The Labute approximate surface area is 193 Å². The van der Waals surface area contributed by atoms with Gasteiger partial charge in [0.2, 0.25) is 17.7 Å². The van der Waals surface area contributed by atoms with Gasteiger partial charge in [-0.2, -0.15) is 0 Å². The van der Waals surface area contributed by atoms with E-state index in [2.05, 4.69) is 26.6 Å². The minimum Gasteiger partial charge on any atom is -0.394 e. The average Bonchev–Trinajstić information content (AvgIpc) is 3.27. The summed E-state index contributed by atoms with van der Waals surface area (Å²) in [5.41, 5.74) is -1.08. The van der Waals surface area contributed by atoms with Gasteiger partial charge in [0.15, 0.2) is 0 Å². The third-order valence-corrected chi connectivity index (χ3v) is 7.45. The molecule has 0 aliphatic carbocycles. The summed E-state index contributed by atoms with van der Waals surface area (Å²) in [5, 5.41) is 16.0. The van der Waals surface area contributed by atoms with Gasteiger partial charge in [0, 0.05) is 17.4 Å². The first-order chi connectivity index (χ1) is 14.6. The van der Waals surface area contributed by atoms with E-state index < -0.39 is 35.6 Å². The number of carbonyl (C=O) groups is 3. The van der Waals surface area contributed by atoms with E-state index in [1.165, 1.54) is 4.90 Å². The maximum Gasteiger partial charge on any atom is 0.246 e. The van der Waals surface area contributed by atoms with Crippen LogP contribution in [0.2, 0.25) is 0 Å². The Morgan fingerprint density at radius 1 is 1.29 bits per heavy atom. The van der Waals surface area contributed by atoms with Crippen LogP contribution in [0.3, 0.4) is 0 Å². The molecule has 3 rings (SSSR count). The molecule has 3 saturated heterocycles. The van der Waals surface area contributed by atoms with Crippen molar-refractivity contribution in [3.8, 4) is 0 Å². The van der Waals surface area contributed by atoms with E-state index in [1.807, 2.05) is 34.6 Å². The number of nitrogens with one attached hydrogen (secondary N) is 2. The highest BCUT2D eigenvalue weighted by molar-refractivity contribution is 9.09. The van der Waals surface area contributed by atoms with E-state index in [0.29, 0.717) is 19.4 Å². The molecule has 0 aromatic heterocycles. The van der Waals surface area contributed by atoms with Gasteiger partial charge in [0.1, 0.15) is 11.6 Å². The molecule has 3 unspecified atom stereocenters. The highest BCUT2D eigenvalue weighted by Crippen LogP contribution is 2.60.